The van der Waals surface area contributed by atoms with Gasteiger partial charge in [0.25, 0.3) is 0 Å². The second kappa shape index (κ2) is 2.46. The summed E-state index contributed by atoms with van der Waals surface area (Å²) in [5, 5.41) is 9.17. The van der Waals surface area contributed by atoms with E-state index in [0.29, 0.717) is 5.92 Å². The Hall–Kier alpha value is -0.570. The molecule has 0 aromatic heterocycles. The standard InChI is InChI=1S/C9H14O3/c1-12-8(11)7-2-6-3-9(7,4-6)5-10/h6-7,10H,2-5H2,1H3. The normalized spacial score (nSPS) is 43.8. The molecule has 0 aromatic carbocycles. The topological polar surface area (TPSA) is 46.5 Å². The highest BCUT2D eigenvalue weighted by Gasteiger charge is 2.59. The van der Waals surface area contributed by atoms with E-state index < -0.39 is 0 Å². The summed E-state index contributed by atoms with van der Waals surface area (Å²) in [5.74, 6) is 0.503. The third-order valence-corrected chi connectivity index (χ3v) is 3.50. The van der Waals surface area contributed by atoms with Gasteiger partial charge in [0.05, 0.1) is 13.0 Å². The Morgan fingerprint density at radius 2 is 2.33 bits per heavy atom. The zero-order chi connectivity index (χ0) is 8.77. The molecule has 1 atom stereocenters. The van der Waals surface area contributed by atoms with Crippen LogP contribution >= 0.6 is 0 Å². The molecule has 3 rings (SSSR count). The van der Waals surface area contributed by atoms with E-state index in [4.69, 9.17) is 4.74 Å². The molecule has 3 nitrogen and oxygen atoms in total. The first kappa shape index (κ1) is 8.05. The molecule has 3 saturated carbocycles. The highest BCUT2D eigenvalue weighted by molar-refractivity contribution is 5.74. The number of carbonyl (C=O) groups excluding carboxylic acids is 1. The summed E-state index contributed by atoms with van der Waals surface area (Å²) >= 11 is 0. The van der Waals surface area contributed by atoms with Crippen molar-refractivity contribution in [1.82, 2.24) is 0 Å². The molecular weight excluding hydrogens is 156 g/mol. The Bertz CT molecular complexity index is 206. The molecule has 3 aliphatic rings. The molecule has 0 aromatic rings. The van der Waals surface area contributed by atoms with Crippen LogP contribution in [0.25, 0.3) is 0 Å². The molecule has 12 heavy (non-hydrogen) atoms. The highest BCUT2D eigenvalue weighted by atomic mass is 16.5. The predicted octanol–water partition coefficient (Wildman–Crippen LogP) is 0.568. The van der Waals surface area contributed by atoms with Gasteiger partial charge in [-0.25, -0.2) is 0 Å². The molecule has 0 radical (unpaired) electrons. The summed E-state index contributed by atoms with van der Waals surface area (Å²) in [7, 11) is 1.42. The number of methoxy groups -OCH3 is 1. The minimum absolute atomic E-state index is 0.0301. The van der Waals surface area contributed by atoms with Crippen LogP contribution in [-0.2, 0) is 9.53 Å². The Balaban J connectivity index is 2.12. The Morgan fingerprint density at radius 1 is 1.67 bits per heavy atom. The van der Waals surface area contributed by atoms with Crippen LogP contribution in [0.1, 0.15) is 19.3 Å². The second-order valence-electron chi connectivity index (χ2n) is 4.11. The number of rotatable bonds is 2. The molecule has 68 valence electrons. The van der Waals surface area contributed by atoms with E-state index in [1.54, 1.807) is 0 Å². The first-order valence-electron chi connectivity index (χ1n) is 4.40. The average Bonchev–Trinajstić information content (AvgIpc) is 2.55. The fourth-order valence-electron chi connectivity index (χ4n) is 2.85. The summed E-state index contributed by atoms with van der Waals surface area (Å²) in [6.07, 6.45) is 2.96. The first-order valence-corrected chi connectivity index (χ1v) is 4.40. The van der Waals surface area contributed by atoms with Gasteiger partial charge in [0.15, 0.2) is 0 Å². The number of esters is 1. The van der Waals surface area contributed by atoms with Crippen LogP contribution < -0.4 is 0 Å². The second-order valence-corrected chi connectivity index (χ2v) is 4.11. The van der Waals surface area contributed by atoms with Crippen LogP contribution in [-0.4, -0.2) is 24.8 Å². The van der Waals surface area contributed by atoms with E-state index in [-0.39, 0.29) is 23.9 Å². The minimum atomic E-state index is -0.135. The molecule has 1 N–H and O–H groups in total. The zero-order valence-electron chi connectivity index (χ0n) is 7.25. The lowest BCUT2D eigenvalue weighted by molar-refractivity contribution is -0.150. The largest absolute Gasteiger partial charge is 0.469 e. The van der Waals surface area contributed by atoms with Gasteiger partial charge >= 0.3 is 5.97 Å². The van der Waals surface area contributed by atoms with Gasteiger partial charge in [-0.15, -0.1) is 0 Å². The SMILES string of the molecule is COC(=O)C1CC2CC1(CO)C2. The van der Waals surface area contributed by atoms with Gasteiger partial charge in [-0.3, -0.25) is 4.79 Å². The monoisotopic (exact) mass is 170 g/mol. The lowest BCUT2D eigenvalue weighted by atomic mass is 9.67. The summed E-state index contributed by atoms with van der Waals surface area (Å²) in [6.45, 7) is 0.142. The lowest BCUT2D eigenvalue weighted by Crippen LogP contribution is -2.38. The Labute approximate surface area is 71.7 Å². The predicted molar refractivity (Wildman–Crippen MR) is 42.4 cm³/mol. The number of fused-ring (bicyclic) bond motifs is 1. The van der Waals surface area contributed by atoms with Gasteiger partial charge < -0.3 is 9.84 Å². The van der Waals surface area contributed by atoms with Gasteiger partial charge in [-0.2, -0.15) is 0 Å². The van der Waals surface area contributed by atoms with Gasteiger partial charge in [-0.05, 0) is 25.2 Å². The lowest BCUT2D eigenvalue weighted by Gasteiger charge is -2.38. The van der Waals surface area contributed by atoms with Gasteiger partial charge in [0.2, 0.25) is 0 Å². The summed E-state index contributed by atoms with van der Waals surface area (Å²) < 4.78 is 4.71. The van der Waals surface area contributed by atoms with E-state index >= 15 is 0 Å². The van der Waals surface area contributed by atoms with Crippen molar-refractivity contribution in [1.29, 1.82) is 0 Å². The van der Waals surface area contributed by atoms with Crippen molar-refractivity contribution in [3.8, 4) is 0 Å². The van der Waals surface area contributed by atoms with Gasteiger partial charge in [0, 0.05) is 12.0 Å². The molecule has 3 heteroatoms. The van der Waals surface area contributed by atoms with Crippen molar-refractivity contribution in [2.45, 2.75) is 19.3 Å². The van der Waals surface area contributed by atoms with Crippen molar-refractivity contribution in [2.75, 3.05) is 13.7 Å². The van der Waals surface area contributed by atoms with E-state index in [1.165, 1.54) is 7.11 Å². The molecule has 0 heterocycles. The molecule has 1 unspecified atom stereocenters. The summed E-state index contributed by atoms with van der Waals surface area (Å²) in [4.78, 5) is 11.3. The van der Waals surface area contributed by atoms with Crippen LogP contribution in [0, 0.1) is 17.3 Å². The number of hydrogen-bond acceptors (Lipinski definition) is 3. The Kier molecular flexibility index (Phi) is 1.65. The summed E-state index contributed by atoms with van der Waals surface area (Å²) in [6, 6.07) is 0. The van der Waals surface area contributed by atoms with Crippen LogP contribution in [0.5, 0.6) is 0 Å². The molecule has 0 spiro atoms. The average molecular weight is 170 g/mol. The smallest absolute Gasteiger partial charge is 0.309 e. The van der Waals surface area contributed by atoms with Crippen molar-refractivity contribution < 1.29 is 14.6 Å². The number of aliphatic hydroxyl groups excluding tert-OH is 1. The molecule has 0 saturated heterocycles. The van der Waals surface area contributed by atoms with Crippen LogP contribution in [0.15, 0.2) is 0 Å². The Morgan fingerprint density at radius 3 is 2.83 bits per heavy atom. The first-order chi connectivity index (χ1) is 5.72. The molecule has 0 aliphatic heterocycles. The van der Waals surface area contributed by atoms with E-state index in [0.717, 1.165) is 19.3 Å². The van der Waals surface area contributed by atoms with Crippen LogP contribution in [0.2, 0.25) is 0 Å². The molecule has 3 aliphatic carbocycles. The fourth-order valence-corrected chi connectivity index (χ4v) is 2.85. The van der Waals surface area contributed by atoms with Crippen molar-refractivity contribution in [3.63, 3.8) is 0 Å². The maximum absolute atomic E-state index is 11.3. The maximum atomic E-state index is 11.3. The zero-order valence-corrected chi connectivity index (χ0v) is 7.25. The number of carbonyl (C=O) groups is 1. The van der Waals surface area contributed by atoms with Crippen LogP contribution in [0.4, 0.5) is 0 Å². The number of aliphatic hydroxyl groups is 1. The molecule has 0 amide bonds. The third kappa shape index (κ3) is 0.829. The van der Waals surface area contributed by atoms with Gasteiger partial charge in [0.1, 0.15) is 0 Å². The molecule has 3 fully saturated rings. The van der Waals surface area contributed by atoms with Gasteiger partial charge in [-0.1, -0.05) is 0 Å². The van der Waals surface area contributed by atoms with E-state index in [1.807, 2.05) is 0 Å². The van der Waals surface area contributed by atoms with Crippen molar-refractivity contribution >= 4 is 5.97 Å². The quantitative estimate of drug-likeness (QED) is 0.616. The molecule has 2 bridgehead atoms. The van der Waals surface area contributed by atoms with Crippen molar-refractivity contribution in [2.24, 2.45) is 17.3 Å². The van der Waals surface area contributed by atoms with Crippen LogP contribution in [0.3, 0.4) is 0 Å². The molecular formula is C9H14O3. The van der Waals surface area contributed by atoms with E-state index in [9.17, 15) is 9.90 Å². The number of hydrogen-bond donors (Lipinski definition) is 1. The minimum Gasteiger partial charge on any atom is -0.469 e. The van der Waals surface area contributed by atoms with Crippen molar-refractivity contribution in [3.05, 3.63) is 0 Å². The third-order valence-electron chi connectivity index (χ3n) is 3.50. The summed E-state index contributed by atoms with van der Waals surface area (Å²) in [5.41, 5.74) is -0.0994. The van der Waals surface area contributed by atoms with E-state index in [2.05, 4.69) is 0 Å². The fraction of sp³-hybridized carbons (Fsp3) is 0.889. The maximum Gasteiger partial charge on any atom is 0.309 e. The highest BCUT2D eigenvalue weighted by Crippen LogP contribution is 2.62. The number of ether oxygens (including phenoxy) is 1.